The molecule has 7 nitrogen and oxygen atoms in total. The quantitative estimate of drug-likeness (QED) is 0.750. The number of thioether (sulfide) groups is 1. The smallest absolute Gasteiger partial charge is 0.255 e. The van der Waals surface area contributed by atoms with E-state index >= 15 is 0 Å². The monoisotopic (exact) mass is 385 g/mol. The summed E-state index contributed by atoms with van der Waals surface area (Å²) in [5.74, 6) is -0.189. The van der Waals surface area contributed by atoms with Crippen LogP contribution in [0.4, 0.5) is 17.1 Å². The highest BCUT2D eigenvalue weighted by Crippen LogP contribution is 2.36. The van der Waals surface area contributed by atoms with Gasteiger partial charge >= 0.3 is 0 Å². The molecule has 0 radical (unpaired) electrons. The number of anilines is 3. The zero-order valence-corrected chi connectivity index (χ0v) is 15.9. The van der Waals surface area contributed by atoms with E-state index in [1.54, 1.807) is 30.3 Å². The highest BCUT2D eigenvalue weighted by Gasteiger charge is 2.24. The predicted octanol–water partition coefficient (Wildman–Crippen LogP) is 3.34. The Bertz CT molecular complexity index is 929. The molecule has 1 aliphatic heterocycles. The van der Waals surface area contributed by atoms with Gasteiger partial charge in [-0.15, -0.1) is 11.8 Å². The van der Waals surface area contributed by atoms with Crippen LogP contribution in [-0.4, -0.2) is 30.1 Å². The van der Waals surface area contributed by atoms with Crippen molar-refractivity contribution < 1.29 is 19.1 Å². The van der Waals surface area contributed by atoms with Crippen LogP contribution in [0.15, 0.2) is 41.3 Å². The second kappa shape index (κ2) is 7.71. The number of amides is 3. The van der Waals surface area contributed by atoms with Crippen LogP contribution in [0.2, 0.25) is 0 Å². The first-order valence-corrected chi connectivity index (χ1v) is 9.14. The van der Waals surface area contributed by atoms with Crippen molar-refractivity contribution in [2.45, 2.75) is 24.0 Å². The van der Waals surface area contributed by atoms with Gasteiger partial charge in [-0.2, -0.15) is 0 Å². The molecule has 27 heavy (non-hydrogen) atoms. The number of fused-ring (bicyclic) bond motifs is 1. The van der Waals surface area contributed by atoms with E-state index in [0.717, 1.165) is 4.90 Å². The lowest BCUT2D eigenvalue weighted by Gasteiger charge is -2.21. The van der Waals surface area contributed by atoms with Crippen molar-refractivity contribution in [1.82, 2.24) is 0 Å². The lowest BCUT2D eigenvalue weighted by Crippen LogP contribution is -2.26. The third-order valence-corrected chi connectivity index (χ3v) is 5.12. The number of hydrogen-bond acceptors (Lipinski definition) is 5. The van der Waals surface area contributed by atoms with Crippen LogP contribution in [0, 0.1) is 0 Å². The van der Waals surface area contributed by atoms with E-state index in [4.69, 9.17) is 4.74 Å². The highest BCUT2D eigenvalue weighted by molar-refractivity contribution is 8.00. The average molecular weight is 385 g/mol. The summed E-state index contributed by atoms with van der Waals surface area (Å²) >= 11 is 1.45. The van der Waals surface area contributed by atoms with Crippen LogP contribution < -0.4 is 20.7 Å². The normalized spacial score (nSPS) is 15.4. The number of hydrogen-bond donors (Lipinski definition) is 3. The van der Waals surface area contributed by atoms with Crippen LogP contribution >= 0.6 is 11.8 Å². The first-order valence-electron chi connectivity index (χ1n) is 8.26. The Hall–Kier alpha value is -3.00. The first-order chi connectivity index (χ1) is 12.9. The molecule has 3 rings (SSSR count). The topological polar surface area (TPSA) is 96.5 Å². The molecule has 2 aromatic rings. The lowest BCUT2D eigenvalue weighted by molar-refractivity contribution is -0.115. The van der Waals surface area contributed by atoms with Crippen molar-refractivity contribution in [1.29, 1.82) is 0 Å². The van der Waals surface area contributed by atoms with E-state index in [-0.39, 0.29) is 23.0 Å². The summed E-state index contributed by atoms with van der Waals surface area (Å²) in [5.41, 5.74) is 1.99. The summed E-state index contributed by atoms with van der Waals surface area (Å²) in [5, 5.41) is 8.09. The zero-order chi connectivity index (χ0) is 19.6. The number of ether oxygens (including phenoxy) is 1. The van der Waals surface area contributed by atoms with Crippen LogP contribution in [-0.2, 0) is 9.59 Å². The molecule has 0 bridgehead atoms. The molecular weight excluding hydrogens is 366 g/mol. The Morgan fingerprint density at radius 2 is 1.93 bits per heavy atom. The number of nitrogens with one attached hydrogen (secondary N) is 3. The molecule has 0 saturated carbocycles. The molecule has 1 aliphatic rings. The second-order valence-electron chi connectivity index (χ2n) is 6.01. The van der Waals surface area contributed by atoms with Gasteiger partial charge < -0.3 is 20.7 Å². The van der Waals surface area contributed by atoms with Gasteiger partial charge in [-0.25, -0.2) is 0 Å². The van der Waals surface area contributed by atoms with Crippen LogP contribution in [0.3, 0.4) is 0 Å². The molecule has 3 amide bonds. The predicted molar refractivity (Wildman–Crippen MR) is 106 cm³/mol. The zero-order valence-electron chi connectivity index (χ0n) is 15.1. The Morgan fingerprint density at radius 3 is 2.63 bits per heavy atom. The summed E-state index contributed by atoms with van der Waals surface area (Å²) in [6.45, 7) is 3.24. The fourth-order valence-electron chi connectivity index (χ4n) is 2.63. The molecule has 2 aromatic carbocycles. The van der Waals surface area contributed by atoms with E-state index in [0.29, 0.717) is 28.4 Å². The van der Waals surface area contributed by atoms with E-state index < -0.39 is 0 Å². The standard InChI is InChI=1S/C19H19N3O4S/c1-10-18(24)22-15-8-12(4-7-17(15)27-10)19(25)21-14-9-13(20-11(2)23)5-6-16(14)26-3/h4-10H,1-3H3,(H,20,23)(H,21,25)(H,22,24). The van der Waals surface area contributed by atoms with Gasteiger partial charge in [-0.1, -0.05) is 0 Å². The molecule has 1 heterocycles. The van der Waals surface area contributed by atoms with Gasteiger partial charge in [0.05, 0.1) is 23.7 Å². The fraction of sp³-hybridized carbons (Fsp3) is 0.211. The minimum Gasteiger partial charge on any atom is -0.495 e. The Balaban J connectivity index is 1.84. The molecular formula is C19H19N3O4S. The fourth-order valence-corrected chi connectivity index (χ4v) is 3.56. The van der Waals surface area contributed by atoms with Crippen LogP contribution in [0.1, 0.15) is 24.2 Å². The van der Waals surface area contributed by atoms with Crippen molar-refractivity contribution in [3.05, 3.63) is 42.0 Å². The highest BCUT2D eigenvalue weighted by atomic mass is 32.2. The largest absolute Gasteiger partial charge is 0.495 e. The third-order valence-electron chi connectivity index (χ3n) is 3.94. The van der Waals surface area contributed by atoms with E-state index in [1.807, 2.05) is 13.0 Å². The maximum absolute atomic E-state index is 12.7. The maximum Gasteiger partial charge on any atom is 0.255 e. The van der Waals surface area contributed by atoms with Gasteiger partial charge in [0.25, 0.3) is 5.91 Å². The van der Waals surface area contributed by atoms with Gasteiger partial charge in [0.2, 0.25) is 11.8 Å². The van der Waals surface area contributed by atoms with Crippen LogP contribution in [0.5, 0.6) is 5.75 Å². The maximum atomic E-state index is 12.7. The number of rotatable bonds is 4. The van der Waals surface area contributed by atoms with Gasteiger partial charge in [-0.05, 0) is 43.3 Å². The van der Waals surface area contributed by atoms with Crippen molar-refractivity contribution >= 4 is 46.5 Å². The van der Waals surface area contributed by atoms with Gasteiger partial charge in [-0.3, -0.25) is 14.4 Å². The summed E-state index contributed by atoms with van der Waals surface area (Å²) in [4.78, 5) is 36.7. The molecule has 140 valence electrons. The summed E-state index contributed by atoms with van der Waals surface area (Å²) in [6, 6.07) is 10.1. The molecule has 0 saturated heterocycles. The molecule has 8 heteroatoms. The van der Waals surface area contributed by atoms with Crippen molar-refractivity contribution in [3.63, 3.8) is 0 Å². The minimum absolute atomic E-state index is 0.0882. The molecule has 0 aromatic heterocycles. The SMILES string of the molecule is COc1ccc(NC(C)=O)cc1NC(=O)c1ccc2c(c1)NC(=O)C(C)S2. The number of methoxy groups -OCH3 is 1. The van der Waals surface area contributed by atoms with Gasteiger partial charge in [0, 0.05) is 23.1 Å². The summed E-state index contributed by atoms with van der Waals surface area (Å²) in [7, 11) is 1.50. The Morgan fingerprint density at radius 1 is 1.15 bits per heavy atom. The lowest BCUT2D eigenvalue weighted by atomic mass is 10.1. The second-order valence-corrected chi connectivity index (χ2v) is 7.39. The summed E-state index contributed by atoms with van der Waals surface area (Å²) in [6.07, 6.45) is 0. The Labute approximate surface area is 160 Å². The van der Waals surface area contributed by atoms with E-state index in [1.165, 1.54) is 25.8 Å². The first kappa shape index (κ1) is 18.8. The van der Waals surface area contributed by atoms with Crippen molar-refractivity contribution in [2.24, 2.45) is 0 Å². The van der Waals surface area contributed by atoms with E-state index in [2.05, 4.69) is 16.0 Å². The van der Waals surface area contributed by atoms with Crippen molar-refractivity contribution in [2.75, 3.05) is 23.1 Å². The number of carbonyl (C=O) groups excluding carboxylic acids is 3. The summed E-state index contributed by atoms with van der Waals surface area (Å²) < 4.78 is 5.27. The van der Waals surface area contributed by atoms with Gasteiger partial charge in [0.15, 0.2) is 0 Å². The molecule has 0 fully saturated rings. The number of benzene rings is 2. The molecule has 0 spiro atoms. The molecule has 3 N–H and O–H groups in total. The minimum atomic E-state index is -0.353. The third kappa shape index (κ3) is 4.22. The molecule has 1 unspecified atom stereocenters. The van der Waals surface area contributed by atoms with Gasteiger partial charge in [0.1, 0.15) is 5.75 Å². The Kier molecular flexibility index (Phi) is 5.36. The molecule has 0 aliphatic carbocycles. The van der Waals surface area contributed by atoms with Crippen LogP contribution in [0.25, 0.3) is 0 Å². The van der Waals surface area contributed by atoms with Crippen molar-refractivity contribution in [3.8, 4) is 5.75 Å². The molecule has 1 atom stereocenters. The number of carbonyl (C=O) groups is 3. The van der Waals surface area contributed by atoms with E-state index in [9.17, 15) is 14.4 Å². The average Bonchev–Trinajstić information content (AvgIpc) is 2.62.